The van der Waals surface area contributed by atoms with Gasteiger partial charge in [0, 0.05) is 42.8 Å². The fourth-order valence-electron chi connectivity index (χ4n) is 5.46. The number of fused-ring (bicyclic) bond motifs is 1. The van der Waals surface area contributed by atoms with E-state index < -0.39 is 42.6 Å². The smallest absolute Gasteiger partial charge is 0.270 e. The number of pyridine rings is 1. The van der Waals surface area contributed by atoms with E-state index in [1.54, 1.807) is 41.0 Å². The van der Waals surface area contributed by atoms with E-state index in [0.29, 0.717) is 39.6 Å². The van der Waals surface area contributed by atoms with E-state index >= 15 is 8.78 Å². The number of H-pyrrole nitrogens is 1. The van der Waals surface area contributed by atoms with Crippen molar-refractivity contribution in [3.63, 3.8) is 0 Å². The van der Waals surface area contributed by atoms with Crippen LogP contribution >= 0.6 is 0 Å². The van der Waals surface area contributed by atoms with E-state index in [1.165, 1.54) is 6.33 Å². The van der Waals surface area contributed by atoms with E-state index in [1.807, 2.05) is 6.07 Å². The molecule has 1 unspecified atom stereocenters. The van der Waals surface area contributed by atoms with Gasteiger partial charge in [0.05, 0.1) is 23.2 Å². The van der Waals surface area contributed by atoms with Gasteiger partial charge in [0.25, 0.3) is 11.8 Å². The van der Waals surface area contributed by atoms with Crippen LogP contribution < -0.4 is 10.1 Å². The number of amides is 1. The molecule has 1 aliphatic rings. The van der Waals surface area contributed by atoms with Crippen LogP contribution in [0.1, 0.15) is 35.8 Å². The Morgan fingerprint density at radius 1 is 1.14 bits per heavy atom. The Bertz CT molecular complexity index is 1730. The second-order valence-corrected chi connectivity index (χ2v) is 10.1. The van der Waals surface area contributed by atoms with Crippen molar-refractivity contribution in [1.82, 2.24) is 35.0 Å². The highest BCUT2D eigenvalue weighted by Gasteiger charge is 2.43. The first kappa shape index (κ1) is 27.4. The number of imidazole rings is 1. The summed E-state index contributed by atoms with van der Waals surface area (Å²) in [6.45, 7) is -0.168. The molecule has 1 aliphatic carbocycles. The lowest BCUT2D eigenvalue weighted by Gasteiger charge is -2.36. The van der Waals surface area contributed by atoms with Gasteiger partial charge >= 0.3 is 0 Å². The van der Waals surface area contributed by atoms with Gasteiger partial charge in [-0.25, -0.2) is 23.1 Å². The number of nitrogens with zero attached hydrogens (tertiary/aromatic N) is 5. The molecule has 2 aromatic carbocycles. The summed E-state index contributed by atoms with van der Waals surface area (Å²) in [5.74, 6) is -3.18. The third kappa shape index (κ3) is 5.55. The number of nitrogens with one attached hydrogen (secondary N) is 2. The number of aromatic nitrogens is 6. The van der Waals surface area contributed by atoms with Crippen LogP contribution in [-0.4, -0.2) is 65.9 Å². The van der Waals surface area contributed by atoms with Crippen molar-refractivity contribution < 1.29 is 27.8 Å². The van der Waals surface area contributed by atoms with Crippen LogP contribution in [0.2, 0.25) is 0 Å². The molecule has 1 fully saturated rings. The van der Waals surface area contributed by atoms with E-state index in [9.17, 15) is 14.3 Å². The molecule has 3 N–H and O–H groups in total. The van der Waals surface area contributed by atoms with E-state index in [0.717, 1.165) is 18.3 Å². The van der Waals surface area contributed by atoms with Gasteiger partial charge in [0.2, 0.25) is 0 Å². The normalized spacial score (nSPS) is 18.2. The molecule has 0 radical (unpaired) electrons. The highest BCUT2D eigenvalue weighted by atomic mass is 19.3. The van der Waals surface area contributed by atoms with Crippen molar-refractivity contribution in [3.8, 4) is 28.5 Å². The van der Waals surface area contributed by atoms with Crippen LogP contribution in [0.3, 0.4) is 0 Å². The minimum Gasteiger partial charge on any atom is -0.490 e. The molecule has 1 saturated carbocycles. The zero-order valence-corrected chi connectivity index (χ0v) is 22.2. The van der Waals surface area contributed by atoms with Gasteiger partial charge in [0.1, 0.15) is 36.0 Å². The van der Waals surface area contributed by atoms with Crippen LogP contribution in [0.25, 0.3) is 33.8 Å². The Labute approximate surface area is 237 Å². The van der Waals surface area contributed by atoms with Gasteiger partial charge in [-0.15, -0.1) is 0 Å². The van der Waals surface area contributed by atoms with Gasteiger partial charge in [-0.3, -0.25) is 14.9 Å². The fourth-order valence-corrected chi connectivity index (χ4v) is 5.46. The minimum absolute atomic E-state index is 0.0383. The Kier molecular flexibility index (Phi) is 7.33. The highest BCUT2D eigenvalue weighted by Crippen LogP contribution is 2.44. The monoisotopic (exact) mass is 577 g/mol. The number of hydrogen-bond donors (Lipinski definition) is 3. The van der Waals surface area contributed by atoms with E-state index in [-0.39, 0.29) is 25.3 Å². The molecule has 3 heterocycles. The summed E-state index contributed by atoms with van der Waals surface area (Å²) in [6, 6.07) is 12.8. The lowest BCUT2D eigenvalue weighted by atomic mass is 9.87. The number of hydrogen-bond acceptors (Lipinski definition) is 7. The molecule has 2 atom stereocenters. The quantitative estimate of drug-likeness (QED) is 0.247. The van der Waals surface area contributed by atoms with Gasteiger partial charge in [0.15, 0.2) is 5.82 Å². The third-order valence-corrected chi connectivity index (χ3v) is 7.15. The molecule has 6 rings (SSSR count). The number of ether oxygens (including phenoxy) is 1. The Morgan fingerprint density at radius 2 is 2.00 bits per heavy atom. The predicted octanol–water partition coefficient (Wildman–Crippen LogP) is 4.55. The van der Waals surface area contributed by atoms with Crippen LogP contribution in [0, 0.1) is 5.82 Å². The lowest BCUT2D eigenvalue weighted by molar-refractivity contribution is -0.0584. The first-order chi connectivity index (χ1) is 20.3. The third-order valence-electron chi connectivity index (χ3n) is 7.15. The Hall–Kier alpha value is -4.78. The molecular weight excluding hydrogens is 551 g/mol. The minimum atomic E-state index is -3.13. The van der Waals surface area contributed by atoms with Gasteiger partial charge in [-0.1, -0.05) is 12.1 Å². The average Bonchev–Trinajstić information content (AvgIpc) is 3.63. The van der Waals surface area contributed by atoms with Gasteiger partial charge in [-0.2, -0.15) is 5.10 Å². The van der Waals surface area contributed by atoms with E-state index in [4.69, 9.17) is 9.72 Å². The maximum absolute atomic E-state index is 15.4. The number of alkyl halides is 2. The molecule has 13 heteroatoms. The zero-order valence-electron chi connectivity index (χ0n) is 22.2. The first-order valence-electron chi connectivity index (χ1n) is 13.3. The number of para-hydroxylation sites is 1. The fraction of sp³-hybridized carbons (Fsp3) is 0.276. The molecule has 0 aliphatic heterocycles. The second-order valence-electron chi connectivity index (χ2n) is 10.1. The summed E-state index contributed by atoms with van der Waals surface area (Å²) in [5.41, 5.74) is 2.18. The molecule has 0 saturated heterocycles. The number of benzene rings is 2. The van der Waals surface area contributed by atoms with Crippen LogP contribution in [0.15, 0.2) is 67.1 Å². The van der Waals surface area contributed by atoms with Crippen molar-refractivity contribution in [2.24, 2.45) is 0 Å². The van der Waals surface area contributed by atoms with Crippen molar-refractivity contribution >= 4 is 16.9 Å². The van der Waals surface area contributed by atoms with Crippen molar-refractivity contribution in [2.75, 3.05) is 13.2 Å². The molecule has 3 aromatic heterocycles. The zero-order chi connectivity index (χ0) is 29.3. The molecule has 0 bridgehead atoms. The SMILES string of the molecule is O=C(N[C@@H]1CC(n2c(-c3ccccc3OCCO)nc3ccc(-c4ncn[nH]4)cc32)CC(F)(F)C1)c1cc(F)ccn1. The number of aromatic amines is 1. The number of rotatable bonds is 8. The number of halogens is 3. The van der Waals surface area contributed by atoms with Crippen molar-refractivity contribution in [3.05, 3.63) is 78.6 Å². The molecule has 5 aromatic rings. The first-order valence-corrected chi connectivity index (χ1v) is 13.3. The van der Waals surface area contributed by atoms with Crippen molar-refractivity contribution in [2.45, 2.75) is 37.3 Å². The molecule has 0 spiro atoms. The molecule has 10 nitrogen and oxygen atoms in total. The molecule has 42 heavy (non-hydrogen) atoms. The maximum Gasteiger partial charge on any atom is 0.270 e. The van der Waals surface area contributed by atoms with Crippen LogP contribution in [-0.2, 0) is 0 Å². The topological polar surface area (TPSA) is 131 Å². The van der Waals surface area contributed by atoms with Crippen LogP contribution in [0.5, 0.6) is 5.75 Å². The number of aliphatic hydroxyl groups is 1. The van der Waals surface area contributed by atoms with Gasteiger partial charge < -0.3 is 19.7 Å². The number of aliphatic hydroxyl groups excluding tert-OH is 1. The Balaban J connectivity index is 1.45. The van der Waals surface area contributed by atoms with Crippen LogP contribution in [0.4, 0.5) is 13.2 Å². The predicted molar refractivity (Wildman–Crippen MR) is 146 cm³/mol. The molecule has 216 valence electrons. The summed E-state index contributed by atoms with van der Waals surface area (Å²) < 4.78 is 51.9. The molecular formula is C29H26F3N7O3. The largest absolute Gasteiger partial charge is 0.490 e. The van der Waals surface area contributed by atoms with Gasteiger partial charge in [-0.05, 0) is 42.8 Å². The van der Waals surface area contributed by atoms with Crippen molar-refractivity contribution in [1.29, 1.82) is 0 Å². The summed E-state index contributed by atoms with van der Waals surface area (Å²) in [5, 5.41) is 18.7. The average molecular weight is 578 g/mol. The molecule has 1 amide bonds. The summed E-state index contributed by atoms with van der Waals surface area (Å²) in [4.78, 5) is 25.7. The summed E-state index contributed by atoms with van der Waals surface area (Å²) in [7, 11) is 0. The van der Waals surface area contributed by atoms with E-state index in [2.05, 4.69) is 25.5 Å². The maximum atomic E-state index is 15.4. The Morgan fingerprint density at radius 3 is 2.79 bits per heavy atom. The number of carbonyl (C=O) groups excluding carboxylic acids is 1. The number of carbonyl (C=O) groups is 1. The second kappa shape index (κ2) is 11.2. The standard InChI is InChI=1S/C29H26F3N7O3/c30-18-7-8-33-23(12-18)28(41)36-19-13-20(15-29(31,32)14-19)39-24-11-17(26-34-16-35-38-26)5-6-22(24)37-27(39)21-3-1-2-4-25(21)42-10-9-40/h1-8,11-12,16,19-20,40H,9-10,13-15H2,(H,36,41)(H,34,35,38)/t19-,20?/m1/s1. The summed E-state index contributed by atoms with van der Waals surface area (Å²) in [6.07, 6.45) is 1.60. The summed E-state index contributed by atoms with van der Waals surface area (Å²) >= 11 is 0. The lowest BCUT2D eigenvalue weighted by Crippen LogP contribution is -2.45. The highest BCUT2D eigenvalue weighted by molar-refractivity contribution is 5.92.